The number of carbonyl (C=O) groups excluding carboxylic acids is 2. The third-order valence-electron chi connectivity index (χ3n) is 5.38. The summed E-state index contributed by atoms with van der Waals surface area (Å²) in [5.41, 5.74) is 4.07. The van der Waals surface area contributed by atoms with Crippen molar-refractivity contribution in [3.8, 4) is 28.4 Å². The normalized spacial score (nSPS) is 12.4. The topological polar surface area (TPSA) is 117 Å². The number of ether oxygens (including phenoxy) is 2. The van der Waals surface area contributed by atoms with E-state index < -0.39 is 17.9 Å². The Kier molecular flexibility index (Phi) is 8.61. The maximum Gasteiger partial charge on any atom is 0.251 e. The molecule has 0 heterocycles. The number of methoxy groups -OCH3 is 1. The lowest BCUT2D eigenvalue weighted by Crippen LogP contribution is -2.40. The molecule has 0 saturated carbocycles. The first kappa shape index (κ1) is 24.8. The zero-order valence-corrected chi connectivity index (χ0v) is 19.0. The molecule has 2 atom stereocenters. The number of benzene rings is 3. The molecule has 0 aromatic heterocycles. The van der Waals surface area contributed by atoms with E-state index >= 15 is 0 Å². The lowest BCUT2D eigenvalue weighted by Gasteiger charge is -2.19. The molecule has 3 aromatic carbocycles. The van der Waals surface area contributed by atoms with Crippen molar-refractivity contribution >= 4 is 11.8 Å². The third-order valence-corrected chi connectivity index (χ3v) is 5.38. The minimum absolute atomic E-state index is 0.183. The highest BCUT2D eigenvalue weighted by Gasteiger charge is 2.20. The standard InChI is InChI=1S/C26H28N2O6/c1-17(25(30)28-32)15-21(16-29)27-26(31)20-7-13-24(14-8-20)34-23-11-5-19(6-12-23)18-3-9-22(33-2)10-4-18/h3-14,17,21,29,32H,15-16H2,1-2H3,(H,27,31)(H,28,30)/t17-,21-/m0/s1. The lowest BCUT2D eigenvalue weighted by molar-refractivity contribution is -0.133. The monoisotopic (exact) mass is 464 g/mol. The van der Waals surface area contributed by atoms with Crippen molar-refractivity contribution in [2.24, 2.45) is 5.92 Å². The Bertz CT molecular complexity index is 1080. The predicted molar refractivity (Wildman–Crippen MR) is 127 cm³/mol. The average molecular weight is 465 g/mol. The van der Waals surface area contributed by atoms with Crippen molar-refractivity contribution in [2.45, 2.75) is 19.4 Å². The van der Waals surface area contributed by atoms with Crippen LogP contribution in [0.4, 0.5) is 0 Å². The molecule has 3 aromatic rings. The van der Waals surface area contributed by atoms with Gasteiger partial charge in [-0.05, 0) is 66.1 Å². The summed E-state index contributed by atoms with van der Waals surface area (Å²) in [5.74, 6) is 0.495. The first-order chi connectivity index (χ1) is 16.4. The van der Waals surface area contributed by atoms with Crippen molar-refractivity contribution in [1.82, 2.24) is 10.8 Å². The summed E-state index contributed by atoms with van der Waals surface area (Å²) >= 11 is 0. The summed E-state index contributed by atoms with van der Waals surface area (Å²) in [7, 11) is 1.63. The molecule has 2 amide bonds. The van der Waals surface area contributed by atoms with E-state index in [0.29, 0.717) is 17.1 Å². The first-order valence-electron chi connectivity index (χ1n) is 10.8. The molecular formula is C26H28N2O6. The fourth-order valence-electron chi connectivity index (χ4n) is 3.40. The molecule has 0 radical (unpaired) electrons. The summed E-state index contributed by atoms with van der Waals surface area (Å²) in [5, 5.41) is 20.9. The van der Waals surface area contributed by atoms with E-state index in [1.54, 1.807) is 43.8 Å². The van der Waals surface area contributed by atoms with Crippen LogP contribution in [0.2, 0.25) is 0 Å². The van der Waals surface area contributed by atoms with Gasteiger partial charge in [0.1, 0.15) is 17.2 Å². The van der Waals surface area contributed by atoms with Crippen molar-refractivity contribution < 1.29 is 29.4 Å². The minimum Gasteiger partial charge on any atom is -0.497 e. The molecule has 0 aliphatic heterocycles. The molecule has 0 unspecified atom stereocenters. The van der Waals surface area contributed by atoms with Crippen LogP contribution in [0.25, 0.3) is 11.1 Å². The summed E-state index contributed by atoms with van der Waals surface area (Å²) in [6.07, 6.45) is 0.183. The molecule has 4 N–H and O–H groups in total. The van der Waals surface area contributed by atoms with Gasteiger partial charge >= 0.3 is 0 Å². The first-order valence-corrected chi connectivity index (χ1v) is 10.8. The van der Waals surface area contributed by atoms with Gasteiger partial charge in [0, 0.05) is 11.5 Å². The Morgan fingerprint density at radius 3 is 1.82 bits per heavy atom. The SMILES string of the molecule is COc1ccc(-c2ccc(Oc3ccc(C(=O)N[C@H](CO)C[C@H](C)C(=O)NO)cc3)cc2)cc1. The van der Waals surface area contributed by atoms with Gasteiger partial charge in [0.05, 0.1) is 19.8 Å². The van der Waals surface area contributed by atoms with Crippen LogP contribution < -0.4 is 20.3 Å². The Labute approximate surface area is 198 Å². The summed E-state index contributed by atoms with van der Waals surface area (Å²) in [6.45, 7) is 1.26. The van der Waals surface area contributed by atoms with Gasteiger partial charge in [-0.15, -0.1) is 0 Å². The van der Waals surface area contributed by atoms with Crippen LogP contribution in [0.15, 0.2) is 72.8 Å². The molecule has 0 spiro atoms. The zero-order valence-electron chi connectivity index (χ0n) is 19.0. The van der Waals surface area contributed by atoms with Gasteiger partial charge in [0.2, 0.25) is 5.91 Å². The van der Waals surface area contributed by atoms with Crippen LogP contribution in [0.3, 0.4) is 0 Å². The minimum atomic E-state index is -0.625. The smallest absolute Gasteiger partial charge is 0.251 e. The molecule has 3 rings (SSSR count). The number of hydroxylamine groups is 1. The molecule has 8 nitrogen and oxygen atoms in total. The van der Waals surface area contributed by atoms with Gasteiger partial charge in [-0.2, -0.15) is 0 Å². The maximum absolute atomic E-state index is 12.5. The third kappa shape index (κ3) is 6.57. The number of nitrogens with one attached hydrogen (secondary N) is 2. The fourth-order valence-corrected chi connectivity index (χ4v) is 3.40. The molecule has 34 heavy (non-hydrogen) atoms. The van der Waals surface area contributed by atoms with E-state index in [1.807, 2.05) is 48.5 Å². The molecule has 178 valence electrons. The van der Waals surface area contributed by atoms with Gasteiger partial charge < -0.3 is 19.9 Å². The zero-order chi connectivity index (χ0) is 24.5. The van der Waals surface area contributed by atoms with Crippen LogP contribution in [-0.2, 0) is 4.79 Å². The number of aliphatic hydroxyl groups excluding tert-OH is 1. The van der Waals surface area contributed by atoms with Gasteiger partial charge in [0.15, 0.2) is 0 Å². The predicted octanol–water partition coefficient (Wildman–Crippen LogP) is 3.78. The summed E-state index contributed by atoms with van der Waals surface area (Å²) in [6, 6.07) is 21.4. The molecule has 0 bridgehead atoms. The van der Waals surface area contributed by atoms with E-state index in [9.17, 15) is 14.7 Å². The number of carbonyl (C=O) groups is 2. The lowest BCUT2D eigenvalue weighted by atomic mass is 10.0. The Morgan fingerprint density at radius 2 is 1.35 bits per heavy atom. The molecule has 8 heteroatoms. The van der Waals surface area contributed by atoms with E-state index in [1.165, 1.54) is 0 Å². The fraction of sp³-hybridized carbons (Fsp3) is 0.231. The number of aliphatic hydroxyl groups is 1. The highest BCUT2D eigenvalue weighted by Crippen LogP contribution is 2.27. The Morgan fingerprint density at radius 1 is 0.853 bits per heavy atom. The van der Waals surface area contributed by atoms with Crippen LogP contribution in [0.5, 0.6) is 17.2 Å². The number of amides is 2. The summed E-state index contributed by atoms with van der Waals surface area (Å²) in [4.78, 5) is 23.9. The maximum atomic E-state index is 12.5. The van der Waals surface area contributed by atoms with Gasteiger partial charge in [-0.25, -0.2) is 5.48 Å². The Hall–Kier alpha value is -3.88. The van der Waals surface area contributed by atoms with Gasteiger partial charge in [0.25, 0.3) is 5.91 Å². The van der Waals surface area contributed by atoms with Crippen LogP contribution in [0, 0.1) is 5.92 Å². The Balaban J connectivity index is 1.58. The number of hydrogen-bond acceptors (Lipinski definition) is 6. The second-order valence-electron chi connectivity index (χ2n) is 7.85. The highest BCUT2D eigenvalue weighted by atomic mass is 16.5. The van der Waals surface area contributed by atoms with E-state index in [4.69, 9.17) is 14.7 Å². The average Bonchev–Trinajstić information content (AvgIpc) is 2.88. The van der Waals surface area contributed by atoms with Crippen molar-refractivity contribution in [3.05, 3.63) is 78.4 Å². The van der Waals surface area contributed by atoms with E-state index in [0.717, 1.165) is 16.9 Å². The molecule has 0 saturated heterocycles. The summed E-state index contributed by atoms with van der Waals surface area (Å²) < 4.78 is 11.1. The second kappa shape index (κ2) is 11.8. The molecule has 0 fully saturated rings. The number of rotatable bonds is 10. The molecule has 0 aliphatic rings. The van der Waals surface area contributed by atoms with Crippen LogP contribution >= 0.6 is 0 Å². The van der Waals surface area contributed by atoms with Crippen molar-refractivity contribution in [1.29, 1.82) is 0 Å². The largest absolute Gasteiger partial charge is 0.497 e. The number of hydrogen-bond donors (Lipinski definition) is 4. The van der Waals surface area contributed by atoms with Crippen molar-refractivity contribution in [3.63, 3.8) is 0 Å². The van der Waals surface area contributed by atoms with Gasteiger partial charge in [-0.1, -0.05) is 31.2 Å². The van der Waals surface area contributed by atoms with E-state index in [2.05, 4.69) is 5.32 Å². The second-order valence-corrected chi connectivity index (χ2v) is 7.85. The van der Waals surface area contributed by atoms with Crippen LogP contribution in [-0.4, -0.2) is 41.9 Å². The quantitative estimate of drug-likeness (QED) is 0.268. The van der Waals surface area contributed by atoms with Crippen LogP contribution in [0.1, 0.15) is 23.7 Å². The van der Waals surface area contributed by atoms with Crippen molar-refractivity contribution in [2.75, 3.05) is 13.7 Å². The van der Waals surface area contributed by atoms with Gasteiger partial charge in [-0.3, -0.25) is 14.8 Å². The molecular weight excluding hydrogens is 436 g/mol. The molecule has 0 aliphatic carbocycles. The highest BCUT2D eigenvalue weighted by molar-refractivity contribution is 5.94. The van der Waals surface area contributed by atoms with E-state index in [-0.39, 0.29) is 18.9 Å².